The number of benzene rings is 2. The van der Waals surface area contributed by atoms with Gasteiger partial charge in [-0.3, -0.25) is 8.98 Å². The summed E-state index contributed by atoms with van der Waals surface area (Å²) in [5.41, 5.74) is 7.27. The molecule has 2 rings (SSSR count). The fourth-order valence-electron chi connectivity index (χ4n) is 2.20. The lowest BCUT2D eigenvalue weighted by Gasteiger charge is -2.12. The molecule has 3 N–H and O–H groups in total. The maximum Gasteiger partial charge on any atom is 0.320 e. The molecule has 0 aliphatic carbocycles. The molecule has 0 fully saturated rings. The van der Waals surface area contributed by atoms with Gasteiger partial charge in [0.15, 0.2) is 0 Å². The lowest BCUT2D eigenvalue weighted by molar-refractivity contribution is -0.138. The predicted octanol–water partition coefficient (Wildman–Crippen LogP) is 2.34. The SMILES string of the molecule is Cc1ccc(S(=O)(=O)OCCOc2ccc(I)c(CC(N)C(=O)O)c2)cc1. The molecule has 0 amide bonds. The molecule has 2 aromatic rings. The lowest BCUT2D eigenvalue weighted by Crippen LogP contribution is -2.32. The number of carboxylic acids is 1. The van der Waals surface area contributed by atoms with Crippen molar-refractivity contribution in [1.29, 1.82) is 0 Å². The average Bonchev–Trinajstić information content (AvgIpc) is 2.61. The number of hydrogen-bond donors (Lipinski definition) is 2. The first-order valence-electron chi connectivity index (χ1n) is 8.05. The molecule has 0 radical (unpaired) electrons. The minimum Gasteiger partial charge on any atom is -0.491 e. The van der Waals surface area contributed by atoms with Gasteiger partial charge in [0.05, 0.1) is 4.90 Å². The first kappa shape index (κ1) is 21.6. The third-order valence-electron chi connectivity index (χ3n) is 3.67. The van der Waals surface area contributed by atoms with Crippen molar-refractivity contribution in [2.24, 2.45) is 5.73 Å². The molecule has 0 heterocycles. The van der Waals surface area contributed by atoms with Crippen molar-refractivity contribution in [2.45, 2.75) is 24.3 Å². The summed E-state index contributed by atoms with van der Waals surface area (Å²) < 4.78 is 35.5. The molecule has 9 heteroatoms. The molecule has 0 bridgehead atoms. The van der Waals surface area contributed by atoms with Crippen LogP contribution in [0.2, 0.25) is 0 Å². The van der Waals surface area contributed by atoms with Gasteiger partial charge in [-0.2, -0.15) is 8.42 Å². The zero-order chi connectivity index (χ0) is 20.0. The van der Waals surface area contributed by atoms with Crippen LogP contribution in [0.3, 0.4) is 0 Å². The third kappa shape index (κ3) is 6.45. The molecule has 27 heavy (non-hydrogen) atoms. The van der Waals surface area contributed by atoms with Gasteiger partial charge in [0.1, 0.15) is 25.0 Å². The van der Waals surface area contributed by atoms with Crippen LogP contribution in [0.15, 0.2) is 47.4 Å². The third-order valence-corrected chi connectivity index (χ3v) is 6.05. The normalized spacial score (nSPS) is 12.6. The van der Waals surface area contributed by atoms with E-state index in [0.29, 0.717) is 5.75 Å². The fraction of sp³-hybridized carbons (Fsp3) is 0.278. The molecule has 7 nitrogen and oxygen atoms in total. The lowest BCUT2D eigenvalue weighted by atomic mass is 10.1. The molecular formula is C18H20INO6S. The van der Waals surface area contributed by atoms with E-state index in [1.54, 1.807) is 30.3 Å². The van der Waals surface area contributed by atoms with E-state index in [-0.39, 0.29) is 24.5 Å². The number of carbonyl (C=O) groups is 1. The van der Waals surface area contributed by atoms with Crippen LogP contribution in [0.5, 0.6) is 5.75 Å². The Hall–Kier alpha value is -1.69. The quantitative estimate of drug-likeness (QED) is 0.305. The summed E-state index contributed by atoms with van der Waals surface area (Å²) in [6.07, 6.45) is 0.170. The highest BCUT2D eigenvalue weighted by molar-refractivity contribution is 14.1. The first-order chi connectivity index (χ1) is 12.7. The maximum absolute atomic E-state index is 12.1. The van der Waals surface area contributed by atoms with Gasteiger partial charge in [0.25, 0.3) is 10.1 Å². The van der Waals surface area contributed by atoms with Gasteiger partial charge in [0, 0.05) is 3.57 Å². The van der Waals surface area contributed by atoms with Gasteiger partial charge >= 0.3 is 5.97 Å². The highest BCUT2D eigenvalue weighted by Gasteiger charge is 2.16. The highest BCUT2D eigenvalue weighted by atomic mass is 127. The van der Waals surface area contributed by atoms with E-state index in [9.17, 15) is 13.2 Å². The number of aliphatic carboxylic acids is 1. The summed E-state index contributed by atoms with van der Waals surface area (Å²) in [6.45, 7) is 1.74. The molecule has 2 aromatic carbocycles. The predicted molar refractivity (Wildman–Crippen MR) is 108 cm³/mol. The molecule has 0 saturated carbocycles. The Labute approximate surface area is 171 Å². The Balaban J connectivity index is 1.91. The van der Waals surface area contributed by atoms with Crippen LogP contribution in [0.25, 0.3) is 0 Å². The van der Waals surface area contributed by atoms with Crippen LogP contribution in [0.4, 0.5) is 0 Å². The van der Waals surface area contributed by atoms with Crippen LogP contribution >= 0.6 is 22.6 Å². The van der Waals surface area contributed by atoms with Gasteiger partial charge in [-0.15, -0.1) is 0 Å². The van der Waals surface area contributed by atoms with E-state index >= 15 is 0 Å². The van der Waals surface area contributed by atoms with Crippen molar-refractivity contribution < 1.29 is 27.2 Å². The second-order valence-electron chi connectivity index (χ2n) is 5.84. The standard InChI is InChI=1S/C18H20INO6S/c1-12-2-5-15(6-3-12)27(23,24)26-9-8-25-14-4-7-16(19)13(10-14)11-17(20)18(21)22/h2-7,10,17H,8-9,11,20H2,1H3,(H,21,22). The molecule has 1 atom stereocenters. The highest BCUT2D eigenvalue weighted by Crippen LogP contribution is 2.21. The smallest absolute Gasteiger partial charge is 0.320 e. The number of aryl methyl sites for hydroxylation is 1. The zero-order valence-electron chi connectivity index (χ0n) is 14.6. The van der Waals surface area contributed by atoms with Gasteiger partial charge in [-0.1, -0.05) is 17.7 Å². The van der Waals surface area contributed by atoms with Gasteiger partial charge in [-0.05, 0) is 71.8 Å². The Kier molecular flexibility index (Phi) is 7.59. The van der Waals surface area contributed by atoms with E-state index in [0.717, 1.165) is 14.7 Å². The summed E-state index contributed by atoms with van der Waals surface area (Å²) >= 11 is 2.09. The van der Waals surface area contributed by atoms with Crippen molar-refractivity contribution in [3.05, 3.63) is 57.2 Å². The Morgan fingerprint density at radius 2 is 1.85 bits per heavy atom. The topological polar surface area (TPSA) is 116 Å². The Morgan fingerprint density at radius 1 is 1.19 bits per heavy atom. The number of rotatable bonds is 9. The molecule has 0 spiro atoms. The summed E-state index contributed by atoms with van der Waals surface area (Å²) in [5.74, 6) is -0.592. The van der Waals surface area contributed by atoms with Crippen molar-refractivity contribution in [2.75, 3.05) is 13.2 Å². The molecule has 1 unspecified atom stereocenters. The maximum atomic E-state index is 12.1. The average molecular weight is 505 g/mol. The number of nitrogens with two attached hydrogens (primary N) is 1. The van der Waals surface area contributed by atoms with Crippen LogP contribution in [0, 0.1) is 10.5 Å². The molecular weight excluding hydrogens is 485 g/mol. The molecule has 146 valence electrons. The van der Waals surface area contributed by atoms with Crippen LogP contribution in [-0.2, 0) is 25.5 Å². The summed E-state index contributed by atoms with van der Waals surface area (Å²) in [5, 5.41) is 8.93. The van der Waals surface area contributed by atoms with Crippen molar-refractivity contribution >= 4 is 38.7 Å². The van der Waals surface area contributed by atoms with E-state index in [1.165, 1.54) is 12.1 Å². The van der Waals surface area contributed by atoms with Crippen LogP contribution < -0.4 is 10.5 Å². The Bertz CT molecular complexity index is 899. The van der Waals surface area contributed by atoms with E-state index in [4.69, 9.17) is 19.8 Å². The zero-order valence-corrected chi connectivity index (χ0v) is 17.6. The molecule has 0 aliphatic heterocycles. The monoisotopic (exact) mass is 505 g/mol. The number of ether oxygens (including phenoxy) is 1. The van der Waals surface area contributed by atoms with Crippen molar-refractivity contribution in [1.82, 2.24) is 0 Å². The van der Waals surface area contributed by atoms with Crippen LogP contribution in [0.1, 0.15) is 11.1 Å². The number of hydrogen-bond acceptors (Lipinski definition) is 6. The van der Waals surface area contributed by atoms with E-state index < -0.39 is 22.1 Å². The first-order valence-corrected chi connectivity index (χ1v) is 10.5. The Morgan fingerprint density at radius 3 is 2.48 bits per heavy atom. The van der Waals surface area contributed by atoms with Crippen molar-refractivity contribution in [3.8, 4) is 5.75 Å². The fourth-order valence-corrected chi connectivity index (χ4v) is 3.65. The van der Waals surface area contributed by atoms with Crippen LogP contribution in [-0.4, -0.2) is 38.7 Å². The second kappa shape index (κ2) is 9.49. The number of halogens is 1. The van der Waals surface area contributed by atoms with E-state index in [1.807, 2.05) is 6.92 Å². The molecule has 0 saturated heterocycles. The van der Waals surface area contributed by atoms with E-state index in [2.05, 4.69) is 22.6 Å². The minimum atomic E-state index is -3.83. The molecule has 0 aromatic heterocycles. The van der Waals surface area contributed by atoms with Gasteiger partial charge < -0.3 is 15.6 Å². The summed E-state index contributed by atoms with van der Waals surface area (Å²) in [7, 11) is -3.83. The van der Waals surface area contributed by atoms with Crippen molar-refractivity contribution in [3.63, 3.8) is 0 Å². The van der Waals surface area contributed by atoms with Gasteiger partial charge in [-0.25, -0.2) is 0 Å². The van der Waals surface area contributed by atoms with Gasteiger partial charge in [0.2, 0.25) is 0 Å². The largest absolute Gasteiger partial charge is 0.491 e. The molecule has 0 aliphatic rings. The summed E-state index contributed by atoms with van der Waals surface area (Å²) in [6, 6.07) is 10.6. The summed E-state index contributed by atoms with van der Waals surface area (Å²) in [4.78, 5) is 11.0. The minimum absolute atomic E-state index is 0.0239. The second-order valence-corrected chi connectivity index (χ2v) is 8.62. The number of carboxylic acid groups (broad SMARTS) is 1.